The summed E-state index contributed by atoms with van der Waals surface area (Å²) in [6.07, 6.45) is 3.72. The highest BCUT2D eigenvalue weighted by atomic mass is 79.9. The molecule has 0 unspecified atom stereocenters. The molecule has 0 aliphatic carbocycles. The maximum Gasteiger partial charge on any atom is 0.129 e. The third kappa shape index (κ3) is 3.57. The quantitative estimate of drug-likeness (QED) is 0.831. The molecule has 0 aliphatic rings. The third-order valence-electron chi connectivity index (χ3n) is 2.42. The summed E-state index contributed by atoms with van der Waals surface area (Å²) in [7, 11) is 0. The number of rotatable bonds is 5. The van der Waals surface area contributed by atoms with Gasteiger partial charge in [0.2, 0.25) is 0 Å². The van der Waals surface area contributed by atoms with Crippen molar-refractivity contribution in [1.82, 2.24) is 15.1 Å². The molecule has 1 aromatic heterocycles. The Kier molecular flexibility index (Phi) is 4.17. The highest BCUT2D eigenvalue weighted by Crippen LogP contribution is 2.23. The van der Waals surface area contributed by atoms with Crippen LogP contribution in [-0.4, -0.2) is 21.4 Å². The number of hydrogen-bond donors (Lipinski definition) is 2. The van der Waals surface area contributed by atoms with Crippen LogP contribution < -0.4 is 5.32 Å². The van der Waals surface area contributed by atoms with Crippen LogP contribution in [0, 0.1) is 0 Å². The molecule has 2 rings (SSSR count). The molecule has 0 aliphatic heterocycles. The van der Waals surface area contributed by atoms with Crippen LogP contribution in [0.3, 0.4) is 0 Å². The van der Waals surface area contributed by atoms with Crippen molar-refractivity contribution < 1.29 is 5.11 Å². The van der Waals surface area contributed by atoms with Gasteiger partial charge in [0, 0.05) is 25.5 Å². The maximum absolute atomic E-state index is 9.36. The summed E-state index contributed by atoms with van der Waals surface area (Å²) < 4.78 is 2.61. The first-order valence-corrected chi connectivity index (χ1v) is 6.20. The van der Waals surface area contributed by atoms with E-state index in [1.807, 2.05) is 29.1 Å². The van der Waals surface area contributed by atoms with Crippen molar-refractivity contribution in [3.05, 3.63) is 46.7 Å². The molecule has 0 bridgehead atoms. The molecule has 1 aromatic carbocycles. The van der Waals surface area contributed by atoms with E-state index in [9.17, 15) is 5.11 Å². The summed E-state index contributed by atoms with van der Waals surface area (Å²) in [5.74, 6) is 0.269. The number of hydrogen-bond acceptors (Lipinski definition) is 3. The number of aromatic hydroxyl groups is 1. The van der Waals surface area contributed by atoms with Gasteiger partial charge >= 0.3 is 0 Å². The summed E-state index contributed by atoms with van der Waals surface area (Å²) in [4.78, 5) is 0. The van der Waals surface area contributed by atoms with E-state index < -0.39 is 0 Å². The standard InChI is InChI=1S/C12H14BrN3O/c13-11-8-10(2-3-12(11)17)9-14-5-7-16-6-1-4-15-16/h1-4,6,8,14,17H,5,7,9H2. The van der Waals surface area contributed by atoms with E-state index in [2.05, 4.69) is 26.3 Å². The SMILES string of the molecule is Oc1ccc(CNCCn2cccn2)cc1Br. The summed E-state index contributed by atoms with van der Waals surface area (Å²) in [6.45, 7) is 2.49. The van der Waals surface area contributed by atoms with E-state index in [1.54, 1.807) is 12.3 Å². The van der Waals surface area contributed by atoms with Crippen molar-refractivity contribution in [1.29, 1.82) is 0 Å². The molecule has 0 saturated heterocycles. The van der Waals surface area contributed by atoms with Crippen molar-refractivity contribution in [3.8, 4) is 5.75 Å². The molecule has 2 N–H and O–H groups in total. The van der Waals surface area contributed by atoms with Crippen LogP contribution in [0.2, 0.25) is 0 Å². The molecule has 5 heteroatoms. The Morgan fingerprint density at radius 1 is 1.41 bits per heavy atom. The van der Waals surface area contributed by atoms with Crippen LogP contribution >= 0.6 is 15.9 Å². The van der Waals surface area contributed by atoms with E-state index in [0.29, 0.717) is 0 Å². The molecule has 17 heavy (non-hydrogen) atoms. The molecule has 1 heterocycles. The molecule has 0 amide bonds. The molecule has 0 radical (unpaired) electrons. The number of phenolic OH excluding ortho intramolecular Hbond substituents is 1. The zero-order valence-electron chi connectivity index (χ0n) is 9.31. The van der Waals surface area contributed by atoms with E-state index >= 15 is 0 Å². The minimum Gasteiger partial charge on any atom is -0.507 e. The Bertz CT molecular complexity index is 471. The first-order valence-electron chi connectivity index (χ1n) is 5.41. The van der Waals surface area contributed by atoms with Crippen molar-refractivity contribution in [2.75, 3.05) is 6.54 Å². The van der Waals surface area contributed by atoms with Gasteiger partial charge in [-0.15, -0.1) is 0 Å². The molecule has 2 aromatic rings. The lowest BCUT2D eigenvalue weighted by Crippen LogP contribution is -2.19. The summed E-state index contributed by atoms with van der Waals surface area (Å²) in [5, 5.41) is 16.8. The second kappa shape index (κ2) is 5.84. The van der Waals surface area contributed by atoms with Gasteiger partial charge in [-0.2, -0.15) is 5.10 Å². The van der Waals surface area contributed by atoms with Gasteiger partial charge in [0.05, 0.1) is 11.0 Å². The van der Waals surface area contributed by atoms with Gasteiger partial charge in [-0.1, -0.05) is 6.07 Å². The second-order valence-electron chi connectivity index (χ2n) is 3.73. The molecule has 0 spiro atoms. The lowest BCUT2D eigenvalue weighted by atomic mass is 10.2. The number of nitrogens with zero attached hydrogens (tertiary/aromatic N) is 2. The van der Waals surface area contributed by atoms with E-state index in [1.165, 1.54) is 0 Å². The normalized spacial score (nSPS) is 10.6. The van der Waals surface area contributed by atoms with Crippen LogP contribution in [0.15, 0.2) is 41.1 Å². The lowest BCUT2D eigenvalue weighted by molar-refractivity contribution is 0.471. The number of phenols is 1. The fourth-order valence-electron chi connectivity index (χ4n) is 1.52. The smallest absolute Gasteiger partial charge is 0.129 e. The Hall–Kier alpha value is -1.33. The van der Waals surface area contributed by atoms with Gasteiger partial charge in [0.1, 0.15) is 5.75 Å². The predicted octanol–water partition coefficient (Wildman–Crippen LogP) is 2.14. The van der Waals surface area contributed by atoms with Gasteiger partial charge in [-0.25, -0.2) is 0 Å². The zero-order chi connectivity index (χ0) is 12.1. The predicted molar refractivity (Wildman–Crippen MR) is 69.7 cm³/mol. The monoisotopic (exact) mass is 295 g/mol. The molecule has 0 atom stereocenters. The highest BCUT2D eigenvalue weighted by Gasteiger charge is 1.99. The maximum atomic E-state index is 9.36. The van der Waals surface area contributed by atoms with Gasteiger partial charge in [0.25, 0.3) is 0 Å². The van der Waals surface area contributed by atoms with Crippen molar-refractivity contribution in [2.45, 2.75) is 13.1 Å². The Morgan fingerprint density at radius 2 is 2.29 bits per heavy atom. The van der Waals surface area contributed by atoms with Crippen molar-refractivity contribution in [2.24, 2.45) is 0 Å². The van der Waals surface area contributed by atoms with Gasteiger partial charge < -0.3 is 10.4 Å². The largest absolute Gasteiger partial charge is 0.507 e. The van der Waals surface area contributed by atoms with E-state index in [4.69, 9.17) is 0 Å². The fraction of sp³-hybridized carbons (Fsp3) is 0.250. The van der Waals surface area contributed by atoms with Gasteiger partial charge in [0.15, 0.2) is 0 Å². The lowest BCUT2D eigenvalue weighted by Gasteiger charge is -2.06. The molecule has 90 valence electrons. The van der Waals surface area contributed by atoms with Crippen LogP contribution in [0.4, 0.5) is 0 Å². The summed E-state index contributed by atoms with van der Waals surface area (Å²) in [5.41, 5.74) is 1.13. The average Bonchev–Trinajstić information content (AvgIpc) is 2.82. The molecular weight excluding hydrogens is 282 g/mol. The fourth-order valence-corrected chi connectivity index (χ4v) is 1.95. The Balaban J connectivity index is 1.76. The number of aromatic nitrogens is 2. The number of halogens is 1. The zero-order valence-corrected chi connectivity index (χ0v) is 10.9. The summed E-state index contributed by atoms with van der Waals surface area (Å²) in [6, 6.07) is 7.42. The van der Waals surface area contributed by atoms with Gasteiger partial charge in [-0.05, 0) is 39.7 Å². The highest BCUT2D eigenvalue weighted by molar-refractivity contribution is 9.10. The molecule has 0 saturated carbocycles. The minimum absolute atomic E-state index is 0.269. The summed E-state index contributed by atoms with van der Waals surface area (Å²) >= 11 is 3.29. The third-order valence-corrected chi connectivity index (χ3v) is 3.05. The van der Waals surface area contributed by atoms with Crippen LogP contribution in [0.25, 0.3) is 0 Å². The van der Waals surface area contributed by atoms with E-state index in [0.717, 1.165) is 29.7 Å². The van der Waals surface area contributed by atoms with Crippen LogP contribution in [0.1, 0.15) is 5.56 Å². The first-order chi connectivity index (χ1) is 8.25. The topological polar surface area (TPSA) is 50.1 Å². The van der Waals surface area contributed by atoms with E-state index in [-0.39, 0.29) is 5.75 Å². The Labute approximate surface area is 108 Å². The number of benzene rings is 1. The van der Waals surface area contributed by atoms with Crippen LogP contribution in [0.5, 0.6) is 5.75 Å². The molecule has 4 nitrogen and oxygen atoms in total. The van der Waals surface area contributed by atoms with Crippen molar-refractivity contribution in [3.63, 3.8) is 0 Å². The average molecular weight is 296 g/mol. The second-order valence-corrected chi connectivity index (χ2v) is 4.59. The van der Waals surface area contributed by atoms with Gasteiger partial charge in [-0.3, -0.25) is 4.68 Å². The first kappa shape index (κ1) is 12.1. The molecule has 0 fully saturated rings. The Morgan fingerprint density at radius 3 is 3.00 bits per heavy atom. The minimum atomic E-state index is 0.269. The molecular formula is C12H14BrN3O. The van der Waals surface area contributed by atoms with Crippen molar-refractivity contribution >= 4 is 15.9 Å². The number of nitrogens with one attached hydrogen (secondary N) is 1. The van der Waals surface area contributed by atoms with Crippen LogP contribution in [-0.2, 0) is 13.1 Å².